The Bertz CT molecular complexity index is 856. The summed E-state index contributed by atoms with van der Waals surface area (Å²) in [6.45, 7) is 10.3. The highest BCUT2D eigenvalue weighted by atomic mass is 16.2. The van der Waals surface area contributed by atoms with Gasteiger partial charge < -0.3 is 15.5 Å². The standard InChI is InChI=1S/C26H38N4O/c1-3-14-29-15-12-23(13-16-29)30-19-22(17-25(30)26(31)27-4-2)28-18-21-10-7-9-20-8-5-6-11-24(20)21/h5-11,22-23,25,28H,3-4,12-19H2,1-2H3,(H,27,31)/t22-,25-/m0/s1. The van der Waals surface area contributed by atoms with E-state index < -0.39 is 0 Å². The van der Waals surface area contributed by atoms with Gasteiger partial charge in [0, 0.05) is 31.7 Å². The molecule has 2 saturated heterocycles. The van der Waals surface area contributed by atoms with Crippen LogP contribution in [0, 0.1) is 0 Å². The van der Waals surface area contributed by atoms with E-state index in [2.05, 4.69) is 69.8 Å². The molecule has 2 aliphatic rings. The molecule has 2 aromatic rings. The topological polar surface area (TPSA) is 47.6 Å². The van der Waals surface area contributed by atoms with Gasteiger partial charge in [-0.15, -0.1) is 0 Å². The van der Waals surface area contributed by atoms with Crippen molar-refractivity contribution in [3.05, 3.63) is 48.0 Å². The van der Waals surface area contributed by atoms with Crippen molar-refractivity contribution >= 4 is 16.7 Å². The van der Waals surface area contributed by atoms with E-state index in [4.69, 9.17) is 0 Å². The smallest absolute Gasteiger partial charge is 0.237 e. The third-order valence-electron chi connectivity index (χ3n) is 7.02. The van der Waals surface area contributed by atoms with Crippen LogP contribution in [0.5, 0.6) is 0 Å². The lowest BCUT2D eigenvalue weighted by Gasteiger charge is -2.38. The van der Waals surface area contributed by atoms with E-state index in [-0.39, 0.29) is 11.9 Å². The second-order valence-corrected chi connectivity index (χ2v) is 9.13. The molecule has 5 nitrogen and oxygen atoms in total. The molecule has 2 N–H and O–H groups in total. The van der Waals surface area contributed by atoms with Gasteiger partial charge in [-0.25, -0.2) is 0 Å². The maximum absolute atomic E-state index is 12.9. The lowest BCUT2D eigenvalue weighted by atomic mass is 10.0. The number of carbonyl (C=O) groups is 1. The number of hydrogen-bond donors (Lipinski definition) is 2. The number of nitrogens with one attached hydrogen (secondary N) is 2. The monoisotopic (exact) mass is 422 g/mol. The van der Waals surface area contributed by atoms with E-state index in [0.717, 1.165) is 32.6 Å². The van der Waals surface area contributed by atoms with E-state index in [0.29, 0.717) is 18.6 Å². The predicted octanol–water partition coefficient (Wildman–Crippen LogP) is 3.38. The summed E-state index contributed by atoms with van der Waals surface area (Å²) in [7, 11) is 0. The summed E-state index contributed by atoms with van der Waals surface area (Å²) in [5.74, 6) is 0.202. The molecular formula is C26H38N4O. The predicted molar refractivity (Wildman–Crippen MR) is 128 cm³/mol. The summed E-state index contributed by atoms with van der Waals surface area (Å²) in [5.41, 5.74) is 1.33. The van der Waals surface area contributed by atoms with Crippen LogP contribution in [0.4, 0.5) is 0 Å². The Morgan fingerprint density at radius 3 is 2.61 bits per heavy atom. The largest absolute Gasteiger partial charge is 0.355 e. The van der Waals surface area contributed by atoms with Crippen LogP contribution < -0.4 is 10.6 Å². The number of amides is 1. The first kappa shape index (κ1) is 22.3. The molecule has 0 spiro atoms. The van der Waals surface area contributed by atoms with Crippen molar-refractivity contribution in [2.75, 3.05) is 32.7 Å². The number of nitrogens with zero attached hydrogens (tertiary/aromatic N) is 2. The molecule has 0 radical (unpaired) electrons. The molecule has 168 valence electrons. The number of carbonyl (C=O) groups excluding carboxylic acids is 1. The molecule has 2 atom stereocenters. The third kappa shape index (κ3) is 5.28. The SMILES string of the molecule is CCCN1CCC(N2C[C@@H](NCc3cccc4ccccc34)C[C@H]2C(=O)NCC)CC1. The van der Waals surface area contributed by atoms with Gasteiger partial charge in [-0.05, 0) is 68.6 Å². The van der Waals surface area contributed by atoms with Crippen molar-refractivity contribution in [3.8, 4) is 0 Å². The fraction of sp³-hybridized carbons (Fsp3) is 0.577. The highest BCUT2D eigenvalue weighted by Crippen LogP contribution is 2.27. The number of hydrogen-bond acceptors (Lipinski definition) is 4. The molecule has 2 heterocycles. The normalized spacial score (nSPS) is 23.4. The van der Waals surface area contributed by atoms with Crippen molar-refractivity contribution in [3.63, 3.8) is 0 Å². The average Bonchev–Trinajstić information content (AvgIpc) is 3.23. The van der Waals surface area contributed by atoms with Crippen molar-refractivity contribution in [1.29, 1.82) is 0 Å². The van der Waals surface area contributed by atoms with Gasteiger partial charge >= 0.3 is 0 Å². The molecule has 0 aromatic heterocycles. The number of likely N-dealkylation sites (tertiary alicyclic amines) is 2. The molecule has 31 heavy (non-hydrogen) atoms. The molecule has 5 heteroatoms. The Morgan fingerprint density at radius 2 is 1.84 bits per heavy atom. The number of benzene rings is 2. The van der Waals surface area contributed by atoms with Crippen molar-refractivity contribution in [1.82, 2.24) is 20.4 Å². The lowest BCUT2D eigenvalue weighted by Crippen LogP contribution is -2.51. The van der Waals surface area contributed by atoms with Gasteiger partial charge in [0.25, 0.3) is 0 Å². The summed E-state index contributed by atoms with van der Waals surface area (Å²) >= 11 is 0. The van der Waals surface area contributed by atoms with Gasteiger partial charge in [-0.2, -0.15) is 0 Å². The minimum Gasteiger partial charge on any atom is -0.355 e. The fourth-order valence-corrected chi connectivity index (χ4v) is 5.45. The molecule has 0 bridgehead atoms. The molecule has 2 aliphatic heterocycles. The Morgan fingerprint density at radius 1 is 1.06 bits per heavy atom. The highest BCUT2D eigenvalue weighted by Gasteiger charge is 2.40. The number of likely N-dealkylation sites (N-methyl/N-ethyl adjacent to an activating group) is 1. The average molecular weight is 423 g/mol. The van der Waals surface area contributed by atoms with E-state index >= 15 is 0 Å². The molecule has 0 unspecified atom stereocenters. The first-order valence-corrected chi connectivity index (χ1v) is 12.2. The van der Waals surface area contributed by atoms with Gasteiger partial charge in [0.1, 0.15) is 0 Å². The van der Waals surface area contributed by atoms with Crippen LogP contribution in [0.2, 0.25) is 0 Å². The van der Waals surface area contributed by atoms with Crippen LogP contribution in [0.3, 0.4) is 0 Å². The van der Waals surface area contributed by atoms with Crippen LogP contribution in [-0.4, -0.2) is 66.6 Å². The molecule has 1 amide bonds. The summed E-state index contributed by atoms with van der Waals surface area (Å²) in [6, 6.07) is 16.0. The number of piperidine rings is 1. The minimum absolute atomic E-state index is 0.00677. The molecule has 2 aromatic carbocycles. The zero-order valence-electron chi connectivity index (χ0n) is 19.1. The van der Waals surface area contributed by atoms with Crippen molar-refractivity contribution in [2.24, 2.45) is 0 Å². The zero-order chi connectivity index (χ0) is 21.6. The highest BCUT2D eigenvalue weighted by molar-refractivity contribution is 5.85. The van der Waals surface area contributed by atoms with Gasteiger partial charge in [-0.3, -0.25) is 9.69 Å². The summed E-state index contributed by atoms with van der Waals surface area (Å²) in [4.78, 5) is 18.0. The molecular weight excluding hydrogens is 384 g/mol. The summed E-state index contributed by atoms with van der Waals surface area (Å²) in [5, 5.41) is 9.47. The maximum atomic E-state index is 12.9. The summed E-state index contributed by atoms with van der Waals surface area (Å²) < 4.78 is 0. The molecule has 0 aliphatic carbocycles. The van der Waals surface area contributed by atoms with Crippen LogP contribution in [0.1, 0.15) is 45.1 Å². The van der Waals surface area contributed by atoms with Crippen LogP contribution in [-0.2, 0) is 11.3 Å². The Balaban J connectivity index is 1.41. The van der Waals surface area contributed by atoms with E-state index in [1.165, 1.54) is 42.1 Å². The van der Waals surface area contributed by atoms with Gasteiger partial charge in [0.2, 0.25) is 5.91 Å². The second kappa shape index (κ2) is 10.6. The van der Waals surface area contributed by atoms with Crippen molar-refractivity contribution < 1.29 is 4.79 Å². The lowest BCUT2D eigenvalue weighted by molar-refractivity contribution is -0.126. The van der Waals surface area contributed by atoms with E-state index in [1.54, 1.807) is 0 Å². The number of rotatable bonds is 8. The zero-order valence-corrected chi connectivity index (χ0v) is 19.1. The fourth-order valence-electron chi connectivity index (χ4n) is 5.45. The Labute approximate surface area is 187 Å². The van der Waals surface area contributed by atoms with E-state index in [1.807, 2.05) is 6.92 Å². The van der Waals surface area contributed by atoms with E-state index in [9.17, 15) is 4.79 Å². The molecule has 4 rings (SSSR count). The van der Waals surface area contributed by atoms with Gasteiger partial charge in [0.05, 0.1) is 6.04 Å². The first-order valence-electron chi connectivity index (χ1n) is 12.2. The van der Waals surface area contributed by atoms with Crippen LogP contribution >= 0.6 is 0 Å². The number of fused-ring (bicyclic) bond motifs is 1. The maximum Gasteiger partial charge on any atom is 0.237 e. The summed E-state index contributed by atoms with van der Waals surface area (Å²) in [6.07, 6.45) is 4.46. The third-order valence-corrected chi connectivity index (χ3v) is 7.02. The second-order valence-electron chi connectivity index (χ2n) is 9.13. The minimum atomic E-state index is -0.00677. The van der Waals surface area contributed by atoms with Crippen molar-refractivity contribution in [2.45, 2.75) is 64.2 Å². The Hall–Kier alpha value is -1.95. The molecule has 2 fully saturated rings. The van der Waals surface area contributed by atoms with Gasteiger partial charge in [0.15, 0.2) is 0 Å². The molecule has 0 saturated carbocycles. The van der Waals surface area contributed by atoms with Crippen LogP contribution in [0.25, 0.3) is 10.8 Å². The van der Waals surface area contributed by atoms with Gasteiger partial charge in [-0.1, -0.05) is 49.4 Å². The first-order chi connectivity index (χ1) is 15.2. The van der Waals surface area contributed by atoms with Crippen LogP contribution in [0.15, 0.2) is 42.5 Å². The Kier molecular flexibility index (Phi) is 7.59. The quantitative estimate of drug-likeness (QED) is 0.685.